The molecule has 0 radical (unpaired) electrons. The predicted molar refractivity (Wildman–Crippen MR) is 117 cm³/mol. The number of hydrogen-bond donors (Lipinski definition) is 1. The van der Waals surface area contributed by atoms with Gasteiger partial charge < -0.3 is 10.1 Å². The number of rotatable bonds is 11. The van der Waals surface area contributed by atoms with E-state index in [9.17, 15) is 13.2 Å². The number of sulfonamides is 1. The zero-order valence-electron chi connectivity index (χ0n) is 17.3. The molecule has 29 heavy (non-hydrogen) atoms. The third kappa shape index (κ3) is 7.77. The Hall–Kier alpha value is -2.54. The summed E-state index contributed by atoms with van der Waals surface area (Å²) in [6.45, 7) is 2.93. The Labute approximate surface area is 173 Å². The van der Waals surface area contributed by atoms with Crippen LogP contribution in [0.3, 0.4) is 0 Å². The van der Waals surface area contributed by atoms with Crippen LogP contribution in [-0.2, 0) is 21.2 Å². The van der Waals surface area contributed by atoms with Crippen LogP contribution in [0.25, 0.3) is 0 Å². The van der Waals surface area contributed by atoms with Crippen molar-refractivity contribution in [2.75, 3.05) is 30.8 Å². The summed E-state index contributed by atoms with van der Waals surface area (Å²) in [4.78, 5) is 12.1. The normalized spacial score (nSPS) is 11.1. The third-order valence-corrected chi connectivity index (χ3v) is 5.77. The second kappa shape index (κ2) is 10.9. The van der Waals surface area contributed by atoms with Crippen LogP contribution < -0.4 is 14.4 Å². The lowest BCUT2D eigenvalue weighted by molar-refractivity contribution is -0.121. The average molecular weight is 419 g/mol. The van der Waals surface area contributed by atoms with Gasteiger partial charge in [-0.2, -0.15) is 0 Å². The van der Waals surface area contributed by atoms with Crippen LogP contribution in [0.4, 0.5) is 5.69 Å². The summed E-state index contributed by atoms with van der Waals surface area (Å²) >= 11 is 0. The molecule has 0 aliphatic rings. The Bertz CT molecular complexity index is 895. The number of anilines is 1. The third-order valence-electron chi connectivity index (χ3n) is 4.57. The van der Waals surface area contributed by atoms with Crippen molar-refractivity contribution in [3.8, 4) is 5.75 Å². The first-order valence-electron chi connectivity index (χ1n) is 9.73. The van der Waals surface area contributed by atoms with Gasteiger partial charge in [-0.15, -0.1) is 0 Å². The highest BCUT2D eigenvalue weighted by molar-refractivity contribution is 7.92. The van der Waals surface area contributed by atoms with E-state index in [2.05, 4.69) is 30.4 Å². The van der Waals surface area contributed by atoms with E-state index in [1.165, 1.54) is 21.7 Å². The summed E-state index contributed by atoms with van der Waals surface area (Å²) < 4.78 is 30.7. The average Bonchev–Trinajstić information content (AvgIpc) is 2.68. The first-order valence-corrected chi connectivity index (χ1v) is 11.6. The zero-order chi connectivity index (χ0) is 21.3. The number of benzene rings is 2. The largest absolute Gasteiger partial charge is 0.497 e. The SMILES string of the molecule is COc1ccc(N(CCCC(=O)NCCCc2cccc(C)c2)S(C)(=O)=O)cc1. The van der Waals surface area contributed by atoms with Crippen molar-refractivity contribution in [2.45, 2.75) is 32.6 Å². The fraction of sp³-hybridized carbons (Fsp3) is 0.409. The molecule has 0 aliphatic heterocycles. The van der Waals surface area contributed by atoms with Crippen molar-refractivity contribution in [1.29, 1.82) is 0 Å². The summed E-state index contributed by atoms with van der Waals surface area (Å²) in [5.41, 5.74) is 3.06. The molecule has 0 saturated carbocycles. The molecular formula is C22H30N2O4S. The lowest BCUT2D eigenvalue weighted by Crippen LogP contribution is -2.32. The standard InChI is InChI=1S/C22H30N2O4S/c1-18-7-4-8-19(17-18)9-5-15-23-22(25)10-6-16-24(29(3,26)27)20-11-13-21(28-2)14-12-20/h4,7-8,11-14,17H,5-6,9-10,15-16H2,1-3H3,(H,23,25). The summed E-state index contributed by atoms with van der Waals surface area (Å²) in [6, 6.07) is 15.2. The molecule has 2 rings (SSSR count). The molecule has 158 valence electrons. The van der Waals surface area contributed by atoms with Gasteiger partial charge in [0.25, 0.3) is 0 Å². The molecule has 0 unspecified atom stereocenters. The topological polar surface area (TPSA) is 75.7 Å². The zero-order valence-corrected chi connectivity index (χ0v) is 18.2. The van der Waals surface area contributed by atoms with Gasteiger partial charge in [0.1, 0.15) is 5.75 Å². The van der Waals surface area contributed by atoms with Gasteiger partial charge >= 0.3 is 0 Å². The monoisotopic (exact) mass is 418 g/mol. The molecule has 0 saturated heterocycles. The molecule has 0 aliphatic carbocycles. The number of methoxy groups -OCH3 is 1. The number of nitrogens with zero attached hydrogens (tertiary/aromatic N) is 1. The van der Waals surface area contributed by atoms with Gasteiger partial charge in [-0.1, -0.05) is 29.8 Å². The molecule has 0 spiro atoms. The molecular weight excluding hydrogens is 388 g/mol. The maximum Gasteiger partial charge on any atom is 0.232 e. The summed E-state index contributed by atoms with van der Waals surface area (Å²) in [5, 5.41) is 2.91. The van der Waals surface area contributed by atoms with Crippen molar-refractivity contribution in [1.82, 2.24) is 5.32 Å². The smallest absolute Gasteiger partial charge is 0.232 e. The van der Waals surface area contributed by atoms with Gasteiger partial charge in [0.2, 0.25) is 15.9 Å². The van der Waals surface area contributed by atoms with Crippen molar-refractivity contribution >= 4 is 21.6 Å². The summed E-state index contributed by atoms with van der Waals surface area (Å²) in [5.74, 6) is 0.602. The van der Waals surface area contributed by atoms with Crippen molar-refractivity contribution in [3.05, 3.63) is 59.7 Å². The van der Waals surface area contributed by atoms with E-state index >= 15 is 0 Å². The summed E-state index contributed by atoms with van der Waals surface area (Å²) in [6.07, 6.45) is 3.69. The second-order valence-corrected chi connectivity index (χ2v) is 8.99. The number of ether oxygens (including phenoxy) is 1. The fourth-order valence-electron chi connectivity index (χ4n) is 3.09. The Morgan fingerprint density at radius 1 is 1.10 bits per heavy atom. The molecule has 0 fully saturated rings. The molecule has 6 nitrogen and oxygen atoms in total. The number of carbonyl (C=O) groups excluding carboxylic acids is 1. The number of carbonyl (C=O) groups is 1. The lowest BCUT2D eigenvalue weighted by Gasteiger charge is -2.22. The van der Waals surface area contributed by atoms with Crippen molar-refractivity contribution in [2.24, 2.45) is 0 Å². The van der Waals surface area contributed by atoms with Crippen LogP contribution in [0.5, 0.6) is 5.75 Å². The highest BCUT2D eigenvalue weighted by atomic mass is 32.2. The van der Waals surface area contributed by atoms with E-state index in [-0.39, 0.29) is 18.9 Å². The minimum atomic E-state index is -3.43. The van der Waals surface area contributed by atoms with Crippen LogP contribution in [0.15, 0.2) is 48.5 Å². The van der Waals surface area contributed by atoms with Crippen molar-refractivity contribution < 1.29 is 17.9 Å². The minimum absolute atomic E-state index is 0.0579. The molecule has 0 bridgehead atoms. The Morgan fingerprint density at radius 2 is 1.83 bits per heavy atom. The van der Waals surface area contributed by atoms with Crippen molar-refractivity contribution in [3.63, 3.8) is 0 Å². The van der Waals surface area contributed by atoms with E-state index < -0.39 is 10.0 Å². The van der Waals surface area contributed by atoms with Gasteiger partial charge in [0, 0.05) is 19.5 Å². The number of amides is 1. The Kier molecular flexibility index (Phi) is 8.51. The van der Waals surface area contributed by atoms with Gasteiger partial charge in [0.15, 0.2) is 0 Å². The Balaban J connectivity index is 1.76. The first kappa shape index (κ1) is 22.7. The quantitative estimate of drug-likeness (QED) is 0.568. The molecule has 7 heteroatoms. The van der Waals surface area contributed by atoms with E-state index in [1.807, 2.05) is 6.07 Å². The maximum atomic E-state index is 12.1. The predicted octanol–water partition coefficient (Wildman–Crippen LogP) is 3.30. The van der Waals surface area contributed by atoms with Crippen LogP contribution in [-0.4, -0.2) is 40.8 Å². The van der Waals surface area contributed by atoms with Gasteiger partial charge in [-0.05, 0) is 56.0 Å². The van der Waals surface area contributed by atoms with Crippen LogP contribution >= 0.6 is 0 Å². The highest BCUT2D eigenvalue weighted by Gasteiger charge is 2.17. The maximum absolute atomic E-state index is 12.1. The van der Waals surface area contributed by atoms with E-state index in [0.29, 0.717) is 24.4 Å². The van der Waals surface area contributed by atoms with Crippen LogP contribution in [0.1, 0.15) is 30.4 Å². The number of nitrogens with one attached hydrogen (secondary N) is 1. The van der Waals surface area contributed by atoms with E-state index in [1.54, 1.807) is 31.4 Å². The summed E-state index contributed by atoms with van der Waals surface area (Å²) in [7, 11) is -1.87. The van der Waals surface area contributed by atoms with Gasteiger partial charge in [-0.3, -0.25) is 9.10 Å². The van der Waals surface area contributed by atoms with Gasteiger partial charge in [0.05, 0.1) is 19.1 Å². The van der Waals surface area contributed by atoms with Crippen LogP contribution in [0, 0.1) is 6.92 Å². The lowest BCUT2D eigenvalue weighted by atomic mass is 10.1. The Morgan fingerprint density at radius 3 is 2.45 bits per heavy atom. The molecule has 0 aromatic heterocycles. The van der Waals surface area contributed by atoms with Crippen LogP contribution in [0.2, 0.25) is 0 Å². The molecule has 2 aromatic carbocycles. The molecule has 2 aromatic rings. The van der Waals surface area contributed by atoms with E-state index in [0.717, 1.165) is 12.8 Å². The number of hydrogen-bond acceptors (Lipinski definition) is 4. The molecule has 1 N–H and O–H groups in total. The first-order chi connectivity index (χ1) is 13.8. The molecule has 1 amide bonds. The number of aryl methyl sites for hydroxylation is 2. The van der Waals surface area contributed by atoms with Gasteiger partial charge in [-0.25, -0.2) is 8.42 Å². The molecule has 0 atom stereocenters. The minimum Gasteiger partial charge on any atom is -0.497 e. The second-order valence-electron chi connectivity index (χ2n) is 7.08. The fourth-order valence-corrected chi connectivity index (χ4v) is 4.06. The highest BCUT2D eigenvalue weighted by Crippen LogP contribution is 2.21. The molecule has 0 heterocycles. The van der Waals surface area contributed by atoms with E-state index in [4.69, 9.17) is 4.74 Å².